The molecule has 0 saturated heterocycles. The van der Waals surface area contributed by atoms with Crippen LogP contribution in [0.25, 0.3) is 0 Å². The molecule has 0 aliphatic rings. The van der Waals surface area contributed by atoms with Crippen molar-refractivity contribution in [1.82, 2.24) is 0 Å². The van der Waals surface area contributed by atoms with Crippen LogP contribution in [0.4, 0.5) is 0 Å². The van der Waals surface area contributed by atoms with Crippen molar-refractivity contribution in [3.05, 3.63) is 12.3 Å². The van der Waals surface area contributed by atoms with Gasteiger partial charge in [-0.25, -0.2) is 0 Å². The molecule has 0 bridgehead atoms. The van der Waals surface area contributed by atoms with Crippen LogP contribution in [0.1, 0.15) is 6.92 Å². The number of hydrogen-bond acceptors (Lipinski definition) is 2. The minimum absolute atomic E-state index is 0.375. The number of carbonyl (C=O) groups excluding carboxylic acids is 1. The maximum atomic E-state index is 9.29. The van der Waals surface area contributed by atoms with Gasteiger partial charge in [0, 0.05) is 0 Å². The second kappa shape index (κ2) is 4.21. The number of ether oxygens (including phenoxy) is 1. The maximum absolute atomic E-state index is 9.29. The van der Waals surface area contributed by atoms with Gasteiger partial charge < -0.3 is 4.74 Å². The van der Waals surface area contributed by atoms with Gasteiger partial charge in [-0.15, -0.1) is 0 Å². The molecular formula is C4H6O2. The third-order valence-electron chi connectivity index (χ3n) is 0.270. The molecule has 0 atom stereocenters. The van der Waals surface area contributed by atoms with Gasteiger partial charge in [0.2, 0.25) is 0 Å². The fourth-order valence-corrected chi connectivity index (χ4v) is 0.111. The molecule has 34 valence electrons. The van der Waals surface area contributed by atoms with Gasteiger partial charge in [0.25, 0.3) is 6.47 Å². The molecule has 2 heteroatoms. The molecule has 0 aromatic carbocycles. The summed E-state index contributed by atoms with van der Waals surface area (Å²) in [7, 11) is 0. The van der Waals surface area contributed by atoms with Crippen molar-refractivity contribution >= 4 is 6.47 Å². The third-order valence-corrected chi connectivity index (χ3v) is 0.270. The summed E-state index contributed by atoms with van der Waals surface area (Å²) in [6, 6.07) is 0. The van der Waals surface area contributed by atoms with Crippen LogP contribution in [0, 0.1) is 0 Å². The number of allylic oxidation sites excluding steroid dienone is 1. The lowest BCUT2D eigenvalue weighted by Gasteiger charge is -1.74. The van der Waals surface area contributed by atoms with Crippen molar-refractivity contribution in [2.24, 2.45) is 0 Å². The monoisotopic (exact) mass is 86.0 g/mol. The Hall–Kier alpha value is -0.790. The topological polar surface area (TPSA) is 26.3 Å². The highest BCUT2D eigenvalue weighted by Crippen LogP contribution is 1.65. The molecular weight excluding hydrogens is 80.0 g/mol. The minimum atomic E-state index is 0.375. The lowest BCUT2D eigenvalue weighted by atomic mass is 10.7. The first-order valence-corrected chi connectivity index (χ1v) is 1.62. The summed E-state index contributed by atoms with van der Waals surface area (Å²) >= 11 is 0. The van der Waals surface area contributed by atoms with Crippen molar-refractivity contribution in [3.8, 4) is 0 Å². The molecule has 0 aliphatic carbocycles. The highest BCUT2D eigenvalue weighted by molar-refractivity contribution is 5.38. The van der Waals surface area contributed by atoms with E-state index in [9.17, 15) is 4.79 Å². The van der Waals surface area contributed by atoms with Crippen molar-refractivity contribution in [3.63, 3.8) is 0 Å². The van der Waals surface area contributed by atoms with Crippen LogP contribution in [-0.4, -0.2) is 6.47 Å². The summed E-state index contributed by atoms with van der Waals surface area (Å²) in [5.74, 6) is 0. The second-order valence-electron chi connectivity index (χ2n) is 0.702. The van der Waals surface area contributed by atoms with E-state index in [1.807, 2.05) is 0 Å². The molecule has 0 rings (SSSR count). The Balaban J connectivity index is 2.85. The van der Waals surface area contributed by atoms with Gasteiger partial charge >= 0.3 is 0 Å². The summed E-state index contributed by atoms with van der Waals surface area (Å²) in [6.45, 7) is 2.14. The molecule has 0 saturated carbocycles. The molecule has 0 N–H and O–H groups in total. The van der Waals surface area contributed by atoms with Crippen molar-refractivity contribution in [1.29, 1.82) is 0 Å². The first-order valence-electron chi connectivity index (χ1n) is 1.62. The average Bonchev–Trinajstić information content (AvgIpc) is 1.61. The second-order valence-corrected chi connectivity index (χ2v) is 0.702. The van der Waals surface area contributed by atoms with Crippen LogP contribution in [0.3, 0.4) is 0 Å². The first-order chi connectivity index (χ1) is 2.91. The lowest BCUT2D eigenvalue weighted by Crippen LogP contribution is -1.68. The van der Waals surface area contributed by atoms with Gasteiger partial charge in [-0.1, -0.05) is 6.08 Å². The Labute approximate surface area is 36.4 Å². The van der Waals surface area contributed by atoms with Crippen molar-refractivity contribution in [2.45, 2.75) is 6.92 Å². The molecule has 0 aromatic rings. The predicted molar refractivity (Wildman–Crippen MR) is 22.0 cm³/mol. The van der Waals surface area contributed by atoms with Crippen LogP contribution >= 0.6 is 0 Å². The van der Waals surface area contributed by atoms with Crippen LogP contribution in [0.15, 0.2) is 12.3 Å². The van der Waals surface area contributed by atoms with E-state index in [4.69, 9.17) is 0 Å². The first kappa shape index (κ1) is 5.21. The van der Waals surface area contributed by atoms with E-state index in [0.717, 1.165) is 0 Å². The zero-order valence-corrected chi connectivity index (χ0v) is 3.55. The molecule has 0 fully saturated rings. The SMILES string of the molecule is C/C=C\OC=O. The Morgan fingerprint density at radius 1 is 1.67 bits per heavy atom. The molecule has 0 amide bonds. The fourth-order valence-electron chi connectivity index (χ4n) is 0.111. The predicted octanol–water partition coefficient (Wildman–Crippen LogP) is 0.693. The quantitative estimate of drug-likeness (QED) is 0.365. The molecule has 2 nitrogen and oxygen atoms in total. The molecule has 0 aromatic heterocycles. The number of carbonyl (C=O) groups is 1. The molecule has 0 radical (unpaired) electrons. The fraction of sp³-hybridized carbons (Fsp3) is 0.250. The van der Waals surface area contributed by atoms with Crippen LogP contribution in [0.5, 0.6) is 0 Å². The van der Waals surface area contributed by atoms with Gasteiger partial charge in [-0.05, 0) is 6.92 Å². The largest absolute Gasteiger partial charge is 0.437 e. The van der Waals surface area contributed by atoms with Gasteiger partial charge in [0.05, 0.1) is 6.26 Å². The smallest absolute Gasteiger partial charge is 0.297 e. The molecule has 0 spiro atoms. The van der Waals surface area contributed by atoms with Gasteiger partial charge in [-0.3, -0.25) is 4.79 Å². The van der Waals surface area contributed by atoms with Gasteiger partial charge in [0.15, 0.2) is 0 Å². The van der Waals surface area contributed by atoms with Gasteiger partial charge in [0.1, 0.15) is 0 Å². The van der Waals surface area contributed by atoms with E-state index in [2.05, 4.69) is 4.74 Å². The standard InChI is InChI=1S/C4H6O2/c1-2-3-6-4-5/h2-4H,1H3/b3-2-. The summed E-state index contributed by atoms with van der Waals surface area (Å²) in [5, 5.41) is 0. The van der Waals surface area contributed by atoms with Gasteiger partial charge in [-0.2, -0.15) is 0 Å². The molecule has 0 unspecified atom stereocenters. The average molecular weight is 86.1 g/mol. The van der Waals surface area contributed by atoms with Crippen molar-refractivity contribution in [2.75, 3.05) is 0 Å². The lowest BCUT2D eigenvalue weighted by molar-refractivity contribution is -0.123. The summed E-state index contributed by atoms with van der Waals surface area (Å²) in [5.41, 5.74) is 0. The van der Waals surface area contributed by atoms with E-state index in [1.54, 1.807) is 13.0 Å². The highest BCUT2D eigenvalue weighted by Gasteiger charge is 1.58. The van der Waals surface area contributed by atoms with Crippen molar-refractivity contribution < 1.29 is 9.53 Å². The van der Waals surface area contributed by atoms with E-state index in [1.165, 1.54) is 6.26 Å². The summed E-state index contributed by atoms with van der Waals surface area (Å²) in [6.07, 6.45) is 2.95. The Bertz CT molecular complexity index is 56.6. The third kappa shape index (κ3) is 3.21. The summed E-state index contributed by atoms with van der Waals surface area (Å²) < 4.78 is 4.12. The number of hydrogen-bond donors (Lipinski definition) is 0. The Morgan fingerprint density at radius 2 is 2.33 bits per heavy atom. The number of rotatable bonds is 2. The van der Waals surface area contributed by atoms with E-state index < -0.39 is 0 Å². The Kier molecular flexibility index (Phi) is 3.66. The zero-order valence-electron chi connectivity index (χ0n) is 3.55. The highest BCUT2D eigenvalue weighted by atomic mass is 16.5. The van der Waals surface area contributed by atoms with E-state index in [0.29, 0.717) is 6.47 Å². The van der Waals surface area contributed by atoms with Crippen LogP contribution in [-0.2, 0) is 9.53 Å². The summed E-state index contributed by atoms with van der Waals surface area (Å²) in [4.78, 5) is 9.29. The minimum Gasteiger partial charge on any atom is -0.437 e. The van der Waals surface area contributed by atoms with Crippen LogP contribution < -0.4 is 0 Å². The molecule has 0 aliphatic heterocycles. The van der Waals surface area contributed by atoms with E-state index >= 15 is 0 Å². The Morgan fingerprint density at radius 3 is 2.50 bits per heavy atom. The van der Waals surface area contributed by atoms with E-state index in [-0.39, 0.29) is 0 Å². The molecule has 6 heavy (non-hydrogen) atoms. The normalized spacial score (nSPS) is 8.83. The zero-order chi connectivity index (χ0) is 4.83. The van der Waals surface area contributed by atoms with Crippen LogP contribution in [0.2, 0.25) is 0 Å². The maximum Gasteiger partial charge on any atom is 0.297 e. The molecule has 0 heterocycles.